The third-order valence-corrected chi connectivity index (χ3v) is 6.43. The van der Waals surface area contributed by atoms with E-state index in [-0.39, 0.29) is 30.2 Å². The van der Waals surface area contributed by atoms with Crippen LogP contribution in [0.3, 0.4) is 0 Å². The molecule has 182 valence electrons. The van der Waals surface area contributed by atoms with Crippen LogP contribution in [0.5, 0.6) is 5.75 Å². The number of Topliss-reactive ketones (excluding diaryl/α,β-unsaturated/α-hetero) is 1. The van der Waals surface area contributed by atoms with Crippen LogP contribution >= 0.6 is 23.2 Å². The summed E-state index contributed by atoms with van der Waals surface area (Å²) in [4.78, 5) is 35.5. The van der Waals surface area contributed by atoms with E-state index >= 15 is 0 Å². The van der Waals surface area contributed by atoms with E-state index in [0.717, 1.165) is 12.1 Å². The molecule has 3 rings (SSSR count). The molecule has 0 aromatic heterocycles. The van der Waals surface area contributed by atoms with Crippen molar-refractivity contribution in [3.8, 4) is 5.75 Å². The molecule has 10 heteroatoms. The minimum atomic E-state index is -0.902. The fourth-order valence-corrected chi connectivity index (χ4v) is 4.06. The van der Waals surface area contributed by atoms with Gasteiger partial charge in [0.2, 0.25) is 0 Å². The van der Waals surface area contributed by atoms with E-state index in [0.29, 0.717) is 36.3 Å². The largest absolute Gasteiger partial charge is 0.487 e. The maximum absolute atomic E-state index is 14.5. The van der Waals surface area contributed by atoms with Crippen LogP contribution in [0.25, 0.3) is 0 Å². The summed E-state index contributed by atoms with van der Waals surface area (Å²) in [5.41, 5.74) is -0.0869. The lowest BCUT2D eigenvalue weighted by Crippen LogP contribution is -2.28. The first-order valence-electron chi connectivity index (χ1n) is 10.8. The maximum Gasteiger partial charge on any atom is 0.306 e. The number of carbonyl (C=O) groups is 3. The molecule has 0 heterocycles. The summed E-state index contributed by atoms with van der Waals surface area (Å²) < 4.78 is 34.5. The number of hydrogen-bond acceptors (Lipinski definition) is 4. The summed E-state index contributed by atoms with van der Waals surface area (Å²) in [5, 5.41) is 12.2. The van der Waals surface area contributed by atoms with E-state index in [4.69, 9.17) is 33.0 Å². The molecule has 0 spiro atoms. The molecule has 1 amide bonds. The van der Waals surface area contributed by atoms with Crippen LogP contribution in [0, 0.1) is 17.6 Å². The van der Waals surface area contributed by atoms with Crippen molar-refractivity contribution in [1.82, 2.24) is 5.32 Å². The van der Waals surface area contributed by atoms with E-state index in [9.17, 15) is 23.2 Å². The smallest absolute Gasteiger partial charge is 0.306 e. The summed E-state index contributed by atoms with van der Waals surface area (Å²) in [6.07, 6.45) is 1.37. The summed E-state index contributed by atoms with van der Waals surface area (Å²) in [6.45, 7) is 0.148. The number of rotatable bonds is 9. The third kappa shape index (κ3) is 6.67. The highest BCUT2D eigenvalue weighted by atomic mass is 35.5. The summed E-state index contributed by atoms with van der Waals surface area (Å²) in [6, 6.07) is 6.08. The van der Waals surface area contributed by atoms with Gasteiger partial charge >= 0.3 is 5.97 Å². The molecule has 1 aliphatic carbocycles. The Morgan fingerprint density at radius 3 is 2.35 bits per heavy atom. The highest BCUT2D eigenvalue weighted by Crippen LogP contribution is 2.30. The number of carboxylic acids is 1. The first-order chi connectivity index (χ1) is 16.2. The Morgan fingerprint density at radius 1 is 1.00 bits per heavy atom. The van der Waals surface area contributed by atoms with Crippen LogP contribution in [0.15, 0.2) is 30.3 Å². The van der Waals surface area contributed by atoms with Crippen molar-refractivity contribution in [1.29, 1.82) is 0 Å². The quantitative estimate of drug-likeness (QED) is 0.332. The Hall–Kier alpha value is -2.71. The molecule has 0 aliphatic heterocycles. The Kier molecular flexibility index (Phi) is 8.85. The molecule has 1 saturated carbocycles. The van der Waals surface area contributed by atoms with E-state index in [1.807, 2.05) is 0 Å². The topological polar surface area (TPSA) is 92.7 Å². The normalized spacial score (nSPS) is 17.8. The Bertz CT molecular complexity index is 1090. The van der Waals surface area contributed by atoms with Crippen LogP contribution in [-0.4, -0.2) is 35.4 Å². The minimum absolute atomic E-state index is 0.0998. The molecule has 2 N–H and O–H groups in total. The molecular weight excluding hydrogens is 491 g/mol. The van der Waals surface area contributed by atoms with Crippen molar-refractivity contribution < 1.29 is 33.0 Å². The third-order valence-electron chi connectivity index (χ3n) is 5.69. The number of amides is 1. The molecule has 2 aromatic rings. The second kappa shape index (κ2) is 11.6. The first kappa shape index (κ1) is 25.9. The number of aliphatic carboxylic acids is 1. The zero-order valence-corrected chi connectivity index (χ0v) is 19.6. The first-order valence-corrected chi connectivity index (χ1v) is 11.6. The van der Waals surface area contributed by atoms with Gasteiger partial charge in [-0.1, -0.05) is 23.2 Å². The van der Waals surface area contributed by atoms with Crippen molar-refractivity contribution in [2.75, 3.05) is 6.54 Å². The van der Waals surface area contributed by atoms with Crippen molar-refractivity contribution in [3.05, 3.63) is 63.1 Å². The highest BCUT2D eigenvalue weighted by Gasteiger charge is 2.28. The van der Waals surface area contributed by atoms with Crippen molar-refractivity contribution >= 4 is 40.9 Å². The van der Waals surface area contributed by atoms with Gasteiger partial charge in [0.05, 0.1) is 27.6 Å². The number of ketones is 1. The summed E-state index contributed by atoms with van der Waals surface area (Å²) in [7, 11) is 0. The van der Waals surface area contributed by atoms with Crippen molar-refractivity contribution in [2.45, 2.75) is 44.6 Å². The van der Waals surface area contributed by atoms with Gasteiger partial charge in [-0.15, -0.1) is 0 Å². The molecule has 0 radical (unpaired) electrons. The van der Waals surface area contributed by atoms with Gasteiger partial charge in [0, 0.05) is 24.6 Å². The SMILES string of the molecule is O=C(NCCCC(=O)c1cc(F)c(OC2CCC(C(=O)O)CC2)cc1F)c1ccc(Cl)c(Cl)c1. The average Bonchev–Trinajstić information content (AvgIpc) is 2.80. The van der Waals surface area contributed by atoms with Crippen LogP contribution in [0.4, 0.5) is 8.78 Å². The molecular formula is C24H23Cl2F2NO5. The average molecular weight is 514 g/mol. The molecule has 1 aliphatic rings. The van der Waals surface area contributed by atoms with Gasteiger partial charge in [0.1, 0.15) is 5.82 Å². The van der Waals surface area contributed by atoms with Crippen LogP contribution in [0.1, 0.15) is 59.2 Å². The monoisotopic (exact) mass is 513 g/mol. The van der Waals surface area contributed by atoms with Crippen LogP contribution in [-0.2, 0) is 4.79 Å². The number of carbonyl (C=O) groups excluding carboxylic acids is 2. The van der Waals surface area contributed by atoms with Crippen molar-refractivity contribution in [2.24, 2.45) is 5.92 Å². The van der Waals surface area contributed by atoms with E-state index in [1.165, 1.54) is 18.2 Å². The Morgan fingerprint density at radius 2 is 1.71 bits per heavy atom. The highest BCUT2D eigenvalue weighted by molar-refractivity contribution is 6.42. The lowest BCUT2D eigenvalue weighted by Gasteiger charge is -2.27. The van der Waals surface area contributed by atoms with E-state index in [2.05, 4.69) is 5.32 Å². The number of benzene rings is 2. The van der Waals surface area contributed by atoms with Gasteiger partial charge in [0.15, 0.2) is 17.3 Å². The lowest BCUT2D eigenvalue weighted by atomic mass is 9.87. The van der Waals surface area contributed by atoms with Crippen LogP contribution in [0.2, 0.25) is 10.0 Å². The molecule has 2 aromatic carbocycles. The molecule has 6 nitrogen and oxygen atoms in total. The molecule has 34 heavy (non-hydrogen) atoms. The Labute approximate surface area is 205 Å². The fourth-order valence-electron chi connectivity index (χ4n) is 3.76. The van der Waals surface area contributed by atoms with Gasteiger partial charge in [-0.05, 0) is 56.4 Å². The summed E-state index contributed by atoms with van der Waals surface area (Å²) >= 11 is 11.7. The predicted molar refractivity (Wildman–Crippen MR) is 123 cm³/mol. The van der Waals surface area contributed by atoms with Crippen molar-refractivity contribution in [3.63, 3.8) is 0 Å². The Balaban J connectivity index is 1.50. The second-order valence-electron chi connectivity index (χ2n) is 8.10. The molecule has 0 saturated heterocycles. The number of halogens is 4. The standard InChI is InChI=1S/C24H23Cl2F2NO5/c25-17-8-5-14(10-18(17)26)23(31)29-9-1-2-21(30)16-11-20(28)22(12-19(16)27)34-15-6-3-13(4-7-15)24(32)33/h5,8,10-13,15H,1-4,6-7,9H2,(H,29,31)(H,32,33). The van der Waals surface area contributed by atoms with Gasteiger partial charge in [-0.3, -0.25) is 14.4 Å². The maximum atomic E-state index is 14.5. The molecule has 0 unspecified atom stereocenters. The van der Waals surface area contributed by atoms with Crippen LogP contribution < -0.4 is 10.1 Å². The second-order valence-corrected chi connectivity index (χ2v) is 8.92. The van der Waals surface area contributed by atoms with Gasteiger partial charge in [-0.25, -0.2) is 8.78 Å². The van der Waals surface area contributed by atoms with Gasteiger partial charge < -0.3 is 15.2 Å². The van der Waals surface area contributed by atoms with Gasteiger partial charge in [0.25, 0.3) is 5.91 Å². The number of hydrogen-bond donors (Lipinski definition) is 2. The lowest BCUT2D eigenvalue weighted by molar-refractivity contribution is -0.143. The zero-order chi connectivity index (χ0) is 24.8. The number of ether oxygens (including phenoxy) is 1. The molecule has 0 atom stereocenters. The molecule has 1 fully saturated rings. The number of carboxylic acid groups (broad SMARTS) is 1. The minimum Gasteiger partial charge on any atom is -0.487 e. The van der Waals surface area contributed by atoms with Gasteiger partial charge in [-0.2, -0.15) is 0 Å². The number of nitrogens with one attached hydrogen (secondary N) is 1. The van der Waals surface area contributed by atoms with E-state index in [1.54, 1.807) is 0 Å². The molecule has 0 bridgehead atoms. The zero-order valence-electron chi connectivity index (χ0n) is 18.1. The summed E-state index contributed by atoms with van der Waals surface area (Å²) in [5.74, 6) is -4.39. The van der Waals surface area contributed by atoms with E-state index < -0.39 is 46.9 Å². The fraction of sp³-hybridized carbons (Fsp3) is 0.375. The predicted octanol–water partition coefficient (Wildman–Crippen LogP) is 5.69.